The van der Waals surface area contributed by atoms with Crippen molar-refractivity contribution in [3.63, 3.8) is 0 Å². The van der Waals surface area contributed by atoms with E-state index in [0.717, 1.165) is 29.9 Å². The van der Waals surface area contributed by atoms with Gasteiger partial charge in [-0.1, -0.05) is 23.2 Å². The lowest BCUT2D eigenvalue weighted by atomic mass is 10.0. The molecule has 132 valence electrons. The highest BCUT2D eigenvalue weighted by molar-refractivity contribution is 6.35. The Kier molecular flexibility index (Phi) is 5.40. The number of ether oxygens (including phenoxy) is 2. The normalized spacial score (nSPS) is 16.8. The van der Waals surface area contributed by atoms with Crippen LogP contribution in [0.4, 0.5) is 0 Å². The van der Waals surface area contributed by atoms with Crippen LogP contribution in [0.5, 0.6) is 11.5 Å². The minimum atomic E-state index is -0.125. The molecule has 4 nitrogen and oxygen atoms in total. The van der Waals surface area contributed by atoms with Crippen molar-refractivity contribution in [2.75, 3.05) is 20.8 Å². The molecule has 25 heavy (non-hydrogen) atoms. The minimum absolute atomic E-state index is 0.0902. The third kappa shape index (κ3) is 3.55. The Hall–Kier alpha value is -1.91. The van der Waals surface area contributed by atoms with Crippen LogP contribution in [0.25, 0.3) is 0 Å². The number of amides is 1. The topological polar surface area (TPSA) is 38.8 Å². The Bertz CT molecular complexity index is 794. The molecule has 0 N–H and O–H groups in total. The number of carbonyl (C=O) groups is 1. The van der Waals surface area contributed by atoms with E-state index in [0.29, 0.717) is 22.2 Å². The molecule has 0 spiro atoms. The second-order valence-corrected chi connectivity index (χ2v) is 6.73. The molecule has 3 rings (SSSR count). The third-order valence-electron chi connectivity index (χ3n) is 4.47. The van der Waals surface area contributed by atoms with E-state index in [1.807, 2.05) is 23.1 Å². The van der Waals surface area contributed by atoms with Crippen molar-refractivity contribution in [3.8, 4) is 11.5 Å². The molecule has 0 unspecified atom stereocenters. The molecule has 0 aliphatic carbocycles. The highest BCUT2D eigenvalue weighted by Crippen LogP contribution is 2.40. The summed E-state index contributed by atoms with van der Waals surface area (Å²) in [4.78, 5) is 14.9. The molecule has 6 heteroatoms. The Morgan fingerprint density at radius 2 is 1.92 bits per heavy atom. The van der Waals surface area contributed by atoms with Gasteiger partial charge in [0.1, 0.15) is 11.5 Å². The van der Waals surface area contributed by atoms with E-state index >= 15 is 0 Å². The van der Waals surface area contributed by atoms with Crippen LogP contribution in [0.1, 0.15) is 34.8 Å². The average molecular weight is 380 g/mol. The molecule has 0 saturated carbocycles. The molecular weight excluding hydrogens is 361 g/mol. The van der Waals surface area contributed by atoms with Gasteiger partial charge in [-0.2, -0.15) is 0 Å². The van der Waals surface area contributed by atoms with Gasteiger partial charge in [-0.3, -0.25) is 4.79 Å². The fraction of sp³-hybridized carbons (Fsp3) is 0.316. The van der Waals surface area contributed by atoms with Crippen LogP contribution < -0.4 is 9.47 Å². The molecular formula is C19H19Cl2NO3. The summed E-state index contributed by atoms with van der Waals surface area (Å²) >= 11 is 12.3. The van der Waals surface area contributed by atoms with E-state index in [2.05, 4.69) is 0 Å². The van der Waals surface area contributed by atoms with Gasteiger partial charge in [-0.15, -0.1) is 0 Å². The van der Waals surface area contributed by atoms with E-state index in [4.69, 9.17) is 32.7 Å². The number of benzene rings is 2. The van der Waals surface area contributed by atoms with Crippen molar-refractivity contribution in [1.82, 2.24) is 4.90 Å². The van der Waals surface area contributed by atoms with E-state index in [9.17, 15) is 4.79 Å². The molecule has 1 heterocycles. The van der Waals surface area contributed by atoms with E-state index < -0.39 is 0 Å². The van der Waals surface area contributed by atoms with Gasteiger partial charge in [0.15, 0.2) is 0 Å². The summed E-state index contributed by atoms with van der Waals surface area (Å²) in [5, 5.41) is 0.889. The smallest absolute Gasteiger partial charge is 0.255 e. The predicted molar refractivity (Wildman–Crippen MR) is 99.0 cm³/mol. The maximum atomic E-state index is 13.1. The van der Waals surface area contributed by atoms with Crippen molar-refractivity contribution < 1.29 is 14.3 Å². The summed E-state index contributed by atoms with van der Waals surface area (Å²) in [6.45, 7) is 0.659. The number of hydrogen-bond acceptors (Lipinski definition) is 3. The summed E-state index contributed by atoms with van der Waals surface area (Å²) in [6.07, 6.45) is 1.77. The van der Waals surface area contributed by atoms with E-state index in [1.54, 1.807) is 32.4 Å². The summed E-state index contributed by atoms with van der Waals surface area (Å²) in [7, 11) is 3.25. The summed E-state index contributed by atoms with van der Waals surface area (Å²) < 4.78 is 10.8. The lowest BCUT2D eigenvalue weighted by Crippen LogP contribution is -2.31. The minimum Gasteiger partial charge on any atom is -0.497 e. The lowest BCUT2D eigenvalue weighted by molar-refractivity contribution is 0.0734. The Labute approximate surface area is 157 Å². The zero-order valence-electron chi connectivity index (χ0n) is 14.1. The molecule has 2 aromatic carbocycles. The zero-order valence-corrected chi connectivity index (χ0v) is 15.6. The van der Waals surface area contributed by atoms with Crippen molar-refractivity contribution >= 4 is 29.1 Å². The van der Waals surface area contributed by atoms with Crippen LogP contribution in [-0.2, 0) is 0 Å². The highest BCUT2D eigenvalue weighted by Gasteiger charge is 2.33. The van der Waals surface area contributed by atoms with Gasteiger partial charge in [0.25, 0.3) is 5.91 Å². The summed E-state index contributed by atoms with van der Waals surface area (Å²) in [5.74, 6) is 1.35. The maximum Gasteiger partial charge on any atom is 0.255 e. The number of likely N-dealkylation sites (tertiary alicyclic amines) is 1. The zero-order chi connectivity index (χ0) is 18.0. The average Bonchev–Trinajstić information content (AvgIpc) is 3.12. The standard InChI is InChI=1S/C19H19Cl2NO3/c1-24-13-6-8-18(25-2)15(11-13)17-4-3-9-22(17)19(23)14-10-12(20)5-7-16(14)21/h5-8,10-11,17H,3-4,9H2,1-2H3/t17-/m0/s1. The van der Waals surface area contributed by atoms with Gasteiger partial charge < -0.3 is 14.4 Å². The Balaban J connectivity index is 1.98. The number of nitrogens with zero attached hydrogens (tertiary/aromatic N) is 1. The van der Waals surface area contributed by atoms with Crippen molar-refractivity contribution in [2.24, 2.45) is 0 Å². The number of rotatable bonds is 4. The summed E-state index contributed by atoms with van der Waals surface area (Å²) in [6, 6.07) is 10.5. The monoisotopic (exact) mass is 379 g/mol. The van der Waals surface area contributed by atoms with Crippen LogP contribution in [0, 0.1) is 0 Å². The van der Waals surface area contributed by atoms with Gasteiger partial charge in [0.2, 0.25) is 0 Å². The Morgan fingerprint density at radius 3 is 2.64 bits per heavy atom. The molecule has 0 bridgehead atoms. The molecule has 1 saturated heterocycles. The quantitative estimate of drug-likeness (QED) is 0.750. The van der Waals surface area contributed by atoms with Crippen LogP contribution in [0.3, 0.4) is 0 Å². The first kappa shape index (κ1) is 17.9. The highest BCUT2D eigenvalue weighted by atomic mass is 35.5. The lowest BCUT2D eigenvalue weighted by Gasteiger charge is -2.27. The number of halogens is 2. The van der Waals surface area contributed by atoms with E-state index in [-0.39, 0.29) is 11.9 Å². The van der Waals surface area contributed by atoms with E-state index in [1.165, 1.54) is 0 Å². The van der Waals surface area contributed by atoms with Crippen molar-refractivity contribution in [2.45, 2.75) is 18.9 Å². The van der Waals surface area contributed by atoms with Gasteiger partial charge in [0, 0.05) is 17.1 Å². The van der Waals surface area contributed by atoms with Crippen molar-refractivity contribution in [1.29, 1.82) is 0 Å². The van der Waals surface area contributed by atoms with Crippen LogP contribution in [0.15, 0.2) is 36.4 Å². The predicted octanol–water partition coefficient (Wildman–Crippen LogP) is 4.99. The second kappa shape index (κ2) is 7.54. The Morgan fingerprint density at radius 1 is 1.12 bits per heavy atom. The SMILES string of the molecule is COc1ccc(OC)c([C@@H]2CCCN2C(=O)c2cc(Cl)ccc2Cl)c1. The van der Waals surface area contributed by atoms with Crippen LogP contribution in [-0.4, -0.2) is 31.6 Å². The molecule has 1 amide bonds. The molecule has 1 aliphatic rings. The van der Waals surface area contributed by atoms with Gasteiger partial charge in [-0.05, 0) is 49.2 Å². The molecule has 1 aliphatic heterocycles. The molecule has 1 atom stereocenters. The first-order valence-corrected chi connectivity index (χ1v) is 8.78. The van der Waals surface area contributed by atoms with Crippen LogP contribution in [0.2, 0.25) is 10.0 Å². The summed E-state index contributed by atoms with van der Waals surface area (Å²) in [5.41, 5.74) is 1.36. The van der Waals surface area contributed by atoms with Gasteiger partial charge in [0.05, 0.1) is 30.8 Å². The maximum absolute atomic E-state index is 13.1. The molecule has 0 radical (unpaired) electrons. The number of hydrogen-bond donors (Lipinski definition) is 0. The largest absolute Gasteiger partial charge is 0.497 e. The fourth-order valence-corrected chi connectivity index (χ4v) is 3.62. The number of carbonyl (C=O) groups excluding carboxylic acids is 1. The van der Waals surface area contributed by atoms with Gasteiger partial charge >= 0.3 is 0 Å². The van der Waals surface area contributed by atoms with Crippen molar-refractivity contribution in [3.05, 3.63) is 57.6 Å². The molecule has 0 aromatic heterocycles. The van der Waals surface area contributed by atoms with Crippen LogP contribution >= 0.6 is 23.2 Å². The molecule has 1 fully saturated rings. The third-order valence-corrected chi connectivity index (χ3v) is 5.03. The molecule has 2 aromatic rings. The first-order chi connectivity index (χ1) is 12.0. The van der Waals surface area contributed by atoms with Gasteiger partial charge in [-0.25, -0.2) is 0 Å². The second-order valence-electron chi connectivity index (χ2n) is 5.89. The first-order valence-electron chi connectivity index (χ1n) is 8.03. The fourth-order valence-electron chi connectivity index (χ4n) is 3.25. The number of methoxy groups -OCH3 is 2.